The highest BCUT2D eigenvalue weighted by atomic mass is 16.6. The molecule has 3 rings (SSSR count). The summed E-state index contributed by atoms with van der Waals surface area (Å²) in [5.41, 5.74) is 0.783. The number of hydrogen-bond donors (Lipinski definition) is 1. The lowest BCUT2D eigenvalue weighted by Gasteiger charge is -2.34. The molecule has 0 aliphatic carbocycles. The molecule has 1 fully saturated rings. The van der Waals surface area contributed by atoms with Crippen LogP contribution in [0.4, 0.5) is 11.4 Å². The topological polar surface area (TPSA) is 106 Å². The summed E-state index contributed by atoms with van der Waals surface area (Å²) in [6, 6.07) is 4.92. The molecule has 1 amide bonds. The van der Waals surface area contributed by atoms with Crippen LogP contribution in [0, 0.1) is 10.1 Å². The molecule has 1 saturated heterocycles. The number of benzene rings is 1. The van der Waals surface area contributed by atoms with Gasteiger partial charge in [0.25, 0.3) is 11.6 Å². The summed E-state index contributed by atoms with van der Waals surface area (Å²) in [6.45, 7) is 9.22. The van der Waals surface area contributed by atoms with E-state index >= 15 is 0 Å². The fraction of sp³-hybridized carbons (Fsp3) is 0.550. The maximum absolute atomic E-state index is 12.3. The Kier molecular flexibility index (Phi) is 6.14. The zero-order valence-corrected chi connectivity index (χ0v) is 17.3. The van der Waals surface area contributed by atoms with Gasteiger partial charge in [0.05, 0.1) is 4.92 Å². The normalized spacial score (nSPS) is 17.0. The number of nitro benzene ring substituents is 1. The minimum atomic E-state index is -0.415. The smallest absolute Gasteiger partial charge is 0.293 e. The monoisotopic (exact) mass is 400 g/mol. The first-order chi connectivity index (χ1) is 13.8. The van der Waals surface area contributed by atoms with Crippen molar-refractivity contribution >= 4 is 17.3 Å². The number of amides is 1. The number of piperidine rings is 1. The first-order valence-electron chi connectivity index (χ1n) is 10.0. The van der Waals surface area contributed by atoms with Crippen LogP contribution in [-0.4, -0.2) is 44.7 Å². The zero-order valence-electron chi connectivity index (χ0n) is 17.3. The van der Waals surface area contributed by atoms with Crippen LogP contribution in [0.15, 0.2) is 24.5 Å². The summed E-state index contributed by atoms with van der Waals surface area (Å²) in [4.78, 5) is 25.6. The molecule has 156 valence electrons. The number of nitrogens with zero attached hydrogens (tertiary/aromatic N) is 5. The summed E-state index contributed by atoms with van der Waals surface area (Å²) in [6.07, 6.45) is 3.61. The standard InChI is InChI=1S/C20H28N6O3/c1-13(2)22-20(27)15-7-8-17(18(10-15)26(28)29)24-9-5-6-16(11-24)19-23-21-12-25(19)14(3)4/h7-8,10,12-14,16H,5-6,9,11H2,1-4H3,(H,22,27). The fourth-order valence-corrected chi connectivity index (χ4v) is 3.77. The quantitative estimate of drug-likeness (QED) is 0.589. The molecule has 1 aliphatic rings. The van der Waals surface area contributed by atoms with Gasteiger partial charge in [-0.2, -0.15) is 0 Å². The number of nitro groups is 1. The lowest BCUT2D eigenvalue weighted by Crippen LogP contribution is -2.36. The molecule has 1 aromatic heterocycles. The van der Waals surface area contributed by atoms with Gasteiger partial charge in [-0.3, -0.25) is 14.9 Å². The second-order valence-corrected chi connectivity index (χ2v) is 8.06. The molecule has 0 spiro atoms. The molecule has 1 N–H and O–H groups in total. The van der Waals surface area contributed by atoms with Gasteiger partial charge in [0.1, 0.15) is 17.8 Å². The minimum Gasteiger partial charge on any atom is -0.365 e. The summed E-state index contributed by atoms with van der Waals surface area (Å²) in [7, 11) is 0. The van der Waals surface area contributed by atoms with Gasteiger partial charge < -0.3 is 14.8 Å². The van der Waals surface area contributed by atoms with Crippen molar-refractivity contribution in [2.24, 2.45) is 0 Å². The highest BCUT2D eigenvalue weighted by Crippen LogP contribution is 2.35. The summed E-state index contributed by atoms with van der Waals surface area (Å²) in [5, 5.41) is 22.9. The van der Waals surface area contributed by atoms with E-state index in [9.17, 15) is 14.9 Å². The predicted octanol–water partition coefficient (Wildman–Crippen LogP) is 3.29. The largest absolute Gasteiger partial charge is 0.365 e. The van der Waals surface area contributed by atoms with Gasteiger partial charge in [-0.05, 0) is 52.7 Å². The van der Waals surface area contributed by atoms with Gasteiger partial charge in [0.15, 0.2) is 0 Å². The van der Waals surface area contributed by atoms with Crippen LogP contribution in [0.1, 0.15) is 68.7 Å². The average Bonchev–Trinajstić information content (AvgIpc) is 3.17. The number of rotatable bonds is 6. The number of nitrogens with one attached hydrogen (secondary N) is 1. The lowest BCUT2D eigenvalue weighted by atomic mass is 9.96. The fourth-order valence-electron chi connectivity index (χ4n) is 3.77. The molecule has 1 unspecified atom stereocenters. The lowest BCUT2D eigenvalue weighted by molar-refractivity contribution is -0.384. The molecule has 29 heavy (non-hydrogen) atoms. The van der Waals surface area contributed by atoms with E-state index in [1.807, 2.05) is 18.7 Å². The number of aromatic nitrogens is 3. The third-order valence-electron chi connectivity index (χ3n) is 5.14. The number of hydrogen-bond acceptors (Lipinski definition) is 6. The third kappa shape index (κ3) is 4.55. The molecule has 0 radical (unpaired) electrons. The Morgan fingerprint density at radius 2 is 2.07 bits per heavy atom. The molecule has 1 aliphatic heterocycles. The second kappa shape index (κ2) is 8.59. The molecule has 2 heterocycles. The number of carbonyl (C=O) groups excluding carboxylic acids is 1. The van der Waals surface area contributed by atoms with Crippen LogP contribution >= 0.6 is 0 Å². The molecule has 1 atom stereocenters. The molecule has 0 saturated carbocycles. The van der Waals surface area contributed by atoms with Crippen molar-refractivity contribution in [1.29, 1.82) is 0 Å². The van der Waals surface area contributed by atoms with Crippen LogP contribution in [0.3, 0.4) is 0 Å². The number of anilines is 1. The maximum atomic E-state index is 12.3. The van der Waals surface area contributed by atoms with E-state index in [0.717, 1.165) is 25.2 Å². The van der Waals surface area contributed by atoms with Crippen molar-refractivity contribution < 1.29 is 9.72 Å². The van der Waals surface area contributed by atoms with Crippen molar-refractivity contribution in [3.05, 3.63) is 46.0 Å². The zero-order chi connectivity index (χ0) is 21.1. The Morgan fingerprint density at radius 1 is 1.31 bits per heavy atom. The van der Waals surface area contributed by atoms with Crippen molar-refractivity contribution in [1.82, 2.24) is 20.1 Å². The van der Waals surface area contributed by atoms with E-state index < -0.39 is 4.92 Å². The molecular weight excluding hydrogens is 372 g/mol. The first-order valence-corrected chi connectivity index (χ1v) is 10.0. The van der Waals surface area contributed by atoms with Crippen LogP contribution < -0.4 is 10.2 Å². The molecule has 2 aromatic rings. The highest BCUT2D eigenvalue weighted by molar-refractivity contribution is 5.96. The predicted molar refractivity (Wildman–Crippen MR) is 110 cm³/mol. The summed E-state index contributed by atoms with van der Waals surface area (Å²) < 4.78 is 2.06. The van der Waals surface area contributed by atoms with Gasteiger partial charge in [-0.25, -0.2) is 0 Å². The van der Waals surface area contributed by atoms with Crippen LogP contribution in [0.25, 0.3) is 0 Å². The Hall–Kier alpha value is -2.97. The number of carbonyl (C=O) groups is 1. The van der Waals surface area contributed by atoms with Crippen LogP contribution in [-0.2, 0) is 0 Å². The molecule has 9 nitrogen and oxygen atoms in total. The average molecular weight is 400 g/mol. The van der Waals surface area contributed by atoms with E-state index in [4.69, 9.17) is 0 Å². The van der Waals surface area contributed by atoms with Gasteiger partial charge in [0, 0.05) is 42.7 Å². The highest BCUT2D eigenvalue weighted by Gasteiger charge is 2.30. The van der Waals surface area contributed by atoms with Crippen molar-refractivity contribution in [2.45, 2.75) is 58.5 Å². The van der Waals surface area contributed by atoms with Gasteiger partial charge in [-0.1, -0.05) is 0 Å². The molecule has 1 aromatic carbocycles. The van der Waals surface area contributed by atoms with Crippen LogP contribution in [0.2, 0.25) is 0 Å². The van der Waals surface area contributed by atoms with Gasteiger partial charge in [0.2, 0.25) is 0 Å². The maximum Gasteiger partial charge on any atom is 0.293 e. The van der Waals surface area contributed by atoms with Crippen molar-refractivity contribution in [2.75, 3.05) is 18.0 Å². The second-order valence-electron chi connectivity index (χ2n) is 8.06. The van der Waals surface area contributed by atoms with Gasteiger partial charge >= 0.3 is 0 Å². The molecule has 9 heteroatoms. The van der Waals surface area contributed by atoms with Crippen molar-refractivity contribution in [3.63, 3.8) is 0 Å². The summed E-state index contributed by atoms with van der Waals surface area (Å²) >= 11 is 0. The van der Waals surface area contributed by atoms with E-state index in [2.05, 4.69) is 33.9 Å². The SMILES string of the molecule is CC(C)NC(=O)c1ccc(N2CCCC(c3nncn3C(C)C)C2)c([N+](=O)[O-])c1. The van der Waals surface area contributed by atoms with Crippen LogP contribution in [0.5, 0.6) is 0 Å². The van der Waals surface area contributed by atoms with E-state index in [0.29, 0.717) is 17.8 Å². The van der Waals surface area contributed by atoms with E-state index in [1.165, 1.54) is 6.07 Å². The molecule has 0 bridgehead atoms. The van der Waals surface area contributed by atoms with Crippen molar-refractivity contribution in [3.8, 4) is 0 Å². The summed E-state index contributed by atoms with van der Waals surface area (Å²) in [5.74, 6) is 0.758. The first kappa shape index (κ1) is 20.8. The molecular formula is C20H28N6O3. The van der Waals surface area contributed by atoms with E-state index in [-0.39, 0.29) is 29.6 Å². The third-order valence-corrected chi connectivity index (χ3v) is 5.14. The Morgan fingerprint density at radius 3 is 2.72 bits per heavy atom. The Bertz CT molecular complexity index is 892. The minimum absolute atomic E-state index is 0.0395. The Balaban J connectivity index is 1.88. The van der Waals surface area contributed by atoms with Gasteiger partial charge in [-0.15, -0.1) is 10.2 Å². The van der Waals surface area contributed by atoms with E-state index in [1.54, 1.807) is 18.5 Å². The Labute approximate surface area is 170 Å².